The molecule has 0 amide bonds. The van der Waals surface area contributed by atoms with Crippen LogP contribution in [0, 0.1) is 0 Å². The Labute approximate surface area is 113 Å². The van der Waals surface area contributed by atoms with E-state index in [4.69, 9.17) is 9.47 Å². The van der Waals surface area contributed by atoms with E-state index in [1.165, 1.54) is 11.3 Å². The van der Waals surface area contributed by atoms with E-state index in [9.17, 15) is 4.79 Å². The minimum atomic E-state index is -0.684. The van der Waals surface area contributed by atoms with E-state index in [0.29, 0.717) is 32.7 Å². The van der Waals surface area contributed by atoms with Crippen LogP contribution in [0.15, 0.2) is 15.2 Å². The molecule has 1 aromatic heterocycles. The van der Waals surface area contributed by atoms with Crippen molar-refractivity contribution in [3.05, 3.63) is 20.8 Å². The summed E-state index contributed by atoms with van der Waals surface area (Å²) in [6.07, 6.45) is 1.28. The first kappa shape index (κ1) is 13.2. The first-order chi connectivity index (χ1) is 8.19. The van der Waals surface area contributed by atoms with E-state index in [1.807, 2.05) is 17.7 Å². The molecule has 0 saturated carbocycles. The van der Waals surface area contributed by atoms with E-state index in [2.05, 4.69) is 15.9 Å². The second kappa shape index (κ2) is 5.61. The lowest BCUT2D eigenvalue weighted by atomic mass is 9.86. The smallest absolute Gasteiger partial charge is 0.196 e. The van der Waals surface area contributed by atoms with Crippen molar-refractivity contribution in [3.8, 4) is 0 Å². The number of rotatable bonds is 4. The SMILES string of the molecule is CCOC1(C(=O)c2cscc2Br)CCOCC1. The van der Waals surface area contributed by atoms with E-state index in [-0.39, 0.29) is 5.78 Å². The molecular formula is C12H15BrO3S. The molecule has 1 aliphatic heterocycles. The monoisotopic (exact) mass is 318 g/mol. The third kappa shape index (κ3) is 2.62. The zero-order chi connectivity index (χ0) is 12.3. The van der Waals surface area contributed by atoms with Crippen LogP contribution in [0.3, 0.4) is 0 Å². The lowest BCUT2D eigenvalue weighted by Crippen LogP contribution is -2.46. The third-order valence-corrected chi connectivity index (χ3v) is 4.70. The average Bonchev–Trinajstić information content (AvgIpc) is 2.76. The Morgan fingerprint density at radius 3 is 2.76 bits per heavy atom. The fraction of sp³-hybridized carbons (Fsp3) is 0.583. The first-order valence-electron chi connectivity index (χ1n) is 5.68. The molecule has 1 aromatic rings. The highest BCUT2D eigenvalue weighted by Gasteiger charge is 2.42. The largest absolute Gasteiger partial charge is 0.381 e. The zero-order valence-electron chi connectivity index (χ0n) is 9.70. The number of halogens is 1. The number of carbonyl (C=O) groups excluding carboxylic acids is 1. The quantitative estimate of drug-likeness (QED) is 0.799. The fourth-order valence-corrected chi connectivity index (χ4v) is 3.56. The Kier molecular flexibility index (Phi) is 4.36. The third-order valence-electron chi connectivity index (χ3n) is 2.99. The summed E-state index contributed by atoms with van der Waals surface area (Å²) in [5, 5.41) is 3.80. The van der Waals surface area contributed by atoms with Crippen LogP contribution in [0.25, 0.3) is 0 Å². The molecule has 1 fully saturated rings. The van der Waals surface area contributed by atoms with Crippen molar-refractivity contribution in [2.45, 2.75) is 25.4 Å². The molecule has 17 heavy (non-hydrogen) atoms. The number of Topliss-reactive ketones (excluding diaryl/α,β-unsaturated/α-hetero) is 1. The molecule has 0 N–H and O–H groups in total. The molecule has 0 aromatic carbocycles. The summed E-state index contributed by atoms with van der Waals surface area (Å²) in [7, 11) is 0. The summed E-state index contributed by atoms with van der Waals surface area (Å²) in [6.45, 7) is 3.65. The normalized spacial score (nSPS) is 19.2. The van der Waals surface area contributed by atoms with Crippen LogP contribution < -0.4 is 0 Å². The molecule has 0 aliphatic carbocycles. The fourth-order valence-electron chi connectivity index (χ4n) is 2.10. The van der Waals surface area contributed by atoms with Gasteiger partial charge in [0.05, 0.1) is 0 Å². The van der Waals surface area contributed by atoms with Gasteiger partial charge >= 0.3 is 0 Å². The predicted octanol–water partition coefficient (Wildman–Crippen LogP) is 3.28. The molecule has 2 rings (SSSR count). The van der Waals surface area contributed by atoms with Gasteiger partial charge in [-0.2, -0.15) is 11.3 Å². The minimum Gasteiger partial charge on any atom is -0.381 e. The average molecular weight is 319 g/mol. The summed E-state index contributed by atoms with van der Waals surface area (Å²) < 4.78 is 12.0. The van der Waals surface area contributed by atoms with Crippen molar-refractivity contribution in [1.29, 1.82) is 0 Å². The van der Waals surface area contributed by atoms with Gasteiger partial charge in [0, 0.05) is 53.5 Å². The molecular weight excluding hydrogens is 304 g/mol. The first-order valence-corrected chi connectivity index (χ1v) is 7.41. The van der Waals surface area contributed by atoms with Crippen molar-refractivity contribution < 1.29 is 14.3 Å². The van der Waals surface area contributed by atoms with Gasteiger partial charge in [-0.15, -0.1) is 0 Å². The molecule has 1 saturated heterocycles. The van der Waals surface area contributed by atoms with Gasteiger partial charge in [-0.05, 0) is 22.9 Å². The Morgan fingerprint density at radius 2 is 2.24 bits per heavy atom. The Hall–Kier alpha value is -0.230. The molecule has 0 atom stereocenters. The zero-order valence-corrected chi connectivity index (χ0v) is 12.1. The Balaban J connectivity index is 2.27. The maximum absolute atomic E-state index is 12.6. The van der Waals surface area contributed by atoms with Gasteiger partial charge in [-0.25, -0.2) is 0 Å². The molecule has 3 nitrogen and oxygen atoms in total. The number of hydrogen-bond donors (Lipinski definition) is 0. The van der Waals surface area contributed by atoms with Crippen molar-refractivity contribution in [2.24, 2.45) is 0 Å². The van der Waals surface area contributed by atoms with Gasteiger partial charge in [0.2, 0.25) is 0 Å². The van der Waals surface area contributed by atoms with Crippen LogP contribution in [0.2, 0.25) is 0 Å². The van der Waals surface area contributed by atoms with Crippen LogP contribution in [-0.4, -0.2) is 31.2 Å². The summed E-state index contributed by atoms with van der Waals surface area (Å²) in [5.74, 6) is 0.0794. The maximum Gasteiger partial charge on any atom is 0.196 e. The second-order valence-electron chi connectivity index (χ2n) is 4.00. The maximum atomic E-state index is 12.6. The van der Waals surface area contributed by atoms with Gasteiger partial charge in [0.1, 0.15) is 5.60 Å². The van der Waals surface area contributed by atoms with Crippen molar-refractivity contribution in [3.63, 3.8) is 0 Å². The second-order valence-corrected chi connectivity index (χ2v) is 5.60. The number of hydrogen-bond acceptors (Lipinski definition) is 4. The predicted molar refractivity (Wildman–Crippen MR) is 70.8 cm³/mol. The molecule has 0 unspecified atom stereocenters. The summed E-state index contributed by atoms with van der Waals surface area (Å²) in [5.41, 5.74) is 0.0432. The van der Waals surface area contributed by atoms with Gasteiger partial charge in [-0.1, -0.05) is 0 Å². The number of ketones is 1. The molecule has 5 heteroatoms. The van der Waals surface area contributed by atoms with Gasteiger partial charge in [-0.3, -0.25) is 4.79 Å². The summed E-state index contributed by atoms with van der Waals surface area (Å²) >= 11 is 4.93. The van der Waals surface area contributed by atoms with Gasteiger partial charge in [0.15, 0.2) is 5.78 Å². The van der Waals surface area contributed by atoms with E-state index < -0.39 is 5.60 Å². The molecule has 0 bridgehead atoms. The molecule has 0 spiro atoms. The lowest BCUT2D eigenvalue weighted by molar-refractivity contribution is -0.0822. The Morgan fingerprint density at radius 1 is 1.53 bits per heavy atom. The van der Waals surface area contributed by atoms with E-state index in [0.717, 1.165) is 10.0 Å². The van der Waals surface area contributed by atoms with Crippen molar-refractivity contribution in [1.82, 2.24) is 0 Å². The summed E-state index contributed by atoms with van der Waals surface area (Å²) in [4.78, 5) is 12.6. The number of carbonyl (C=O) groups is 1. The molecule has 2 heterocycles. The van der Waals surface area contributed by atoms with Gasteiger partial charge < -0.3 is 9.47 Å². The van der Waals surface area contributed by atoms with Crippen LogP contribution in [-0.2, 0) is 9.47 Å². The summed E-state index contributed by atoms with van der Waals surface area (Å²) in [6, 6.07) is 0. The highest BCUT2D eigenvalue weighted by atomic mass is 79.9. The van der Waals surface area contributed by atoms with Crippen LogP contribution in [0.4, 0.5) is 0 Å². The minimum absolute atomic E-state index is 0.0794. The van der Waals surface area contributed by atoms with E-state index in [1.54, 1.807) is 0 Å². The molecule has 0 radical (unpaired) electrons. The highest BCUT2D eigenvalue weighted by Crippen LogP contribution is 2.33. The number of ether oxygens (including phenoxy) is 2. The van der Waals surface area contributed by atoms with Gasteiger partial charge in [0.25, 0.3) is 0 Å². The van der Waals surface area contributed by atoms with E-state index >= 15 is 0 Å². The molecule has 1 aliphatic rings. The Bertz CT molecular complexity index is 391. The van der Waals surface area contributed by atoms with Crippen molar-refractivity contribution >= 4 is 33.0 Å². The number of thiophene rings is 1. The van der Waals surface area contributed by atoms with Crippen molar-refractivity contribution in [2.75, 3.05) is 19.8 Å². The van der Waals surface area contributed by atoms with Crippen LogP contribution >= 0.6 is 27.3 Å². The molecule has 94 valence electrons. The highest BCUT2D eigenvalue weighted by molar-refractivity contribution is 9.10. The standard InChI is InChI=1S/C12H15BrO3S/c1-2-16-12(3-5-15-6-4-12)11(14)9-7-17-8-10(9)13/h7-8H,2-6H2,1H3. The van der Waals surface area contributed by atoms with Crippen LogP contribution in [0.5, 0.6) is 0 Å². The van der Waals surface area contributed by atoms with Crippen LogP contribution in [0.1, 0.15) is 30.1 Å². The topological polar surface area (TPSA) is 35.5 Å². The lowest BCUT2D eigenvalue weighted by Gasteiger charge is -2.35.